The van der Waals surface area contributed by atoms with Crippen molar-refractivity contribution in [1.29, 1.82) is 0 Å². The van der Waals surface area contributed by atoms with Crippen LogP contribution in [0.15, 0.2) is 36.5 Å². The smallest absolute Gasteiger partial charge is 0.268 e. The predicted molar refractivity (Wildman–Crippen MR) is 76.9 cm³/mol. The lowest BCUT2D eigenvalue weighted by atomic mass is 10.1. The van der Waals surface area contributed by atoms with Crippen LogP contribution < -0.4 is 11.1 Å². The van der Waals surface area contributed by atoms with Gasteiger partial charge in [-0.3, -0.25) is 4.79 Å². The van der Waals surface area contributed by atoms with E-state index in [-0.39, 0.29) is 5.91 Å². The highest BCUT2D eigenvalue weighted by Crippen LogP contribution is 2.11. The van der Waals surface area contributed by atoms with Crippen molar-refractivity contribution in [3.8, 4) is 0 Å². The van der Waals surface area contributed by atoms with E-state index in [1.807, 2.05) is 42.7 Å². The number of hydrogen-bond donors (Lipinski definition) is 2. The molecule has 1 amide bonds. The highest BCUT2D eigenvalue weighted by atomic mass is 16.1. The first-order valence-electron chi connectivity index (χ1n) is 6.39. The molecular weight excluding hydrogens is 238 g/mol. The quantitative estimate of drug-likeness (QED) is 0.883. The summed E-state index contributed by atoms with van der Waals surface area (Å²) in [5.41, 5.74) is 9.23. The molecule has 0 spiro atoms. The minimum atomic E-state index is -0.0980. The molecule has 1 heterocycles. The van der Waals surface area contributed by atoms with Crippen molar-refractivity contribution in [2.75, 3.05) is 5.73 Å². The van der Waals surface area contributed by atoms with Crippen LogP contribution in [0.3, 0.4) is 0 Å². The summed E-state index contributed by atoms with van der Waals surface area (Å²) in [5.74, 6) is -0.0980. The molecule has 100 valence electrons. The maximum atomic E-state index is 12.1. The van der Waals surface area contributed by atoms with Gasteiger partial charge in [-0.2, -0.15) is 0 Å². The Morgan fingerprint density at radius 1 is 1.32 bits per heavy atom. The standard InChI is InChI=1S/C15H19N3O/c1-3-18-10-13(16)8-14(18)15(19)17-9-12-6-4-11(2)5-7-12/h4-8,10H,3,9,16H2,1-2H3,(H,17,19). The van der Waals surface area contributed by atoms with Crippen molar-refractivity contribution in [1.82, 2.24) is 9.88 Å². The number of hydrogen-bond acceptors (Lipinski definition) is 2. The zero-order chi connectivity index (χ0) is 13.8. The lowest BCUT2D eigenvalue weighted by Gasteiger charge is -2.08. The van der Waals surface area contributed by atoms with Gasteiger partial charge < -0.3 is 15.6 Å². The molecule has 1 aromatic heterocycles. The van der Waals surface area contributed by atoms with E-state index in [0.29, 0.717) is 17.9 Å². The average molecular weight is 257 g/mol. The minimum absolute atomic E-state index is 0.0980. The molecule has 3 N–H and O–H groups in total. The fourth-order valence-electron chi connectivity index (χ4n) is 1.96. The highest BCUT2D eigenvalue weighted by Gasteiger charge is 2.11. The summed E-state index contributed by atoms with van der Waals surface area (Å²) < 4.78 is 1.85. The Labute approximate surface area is 113 Å². The van der Waals surface area contributed by atoms with Crippen LogP contribution in [-0.2, 0) is 13.1 Å². The van der Waals surface area contributed by atoms with Crippen LogP contribution in [0, 0.1) is 6.92 Å². The molecule has 2 rings (SSSR count). The lowest BCUT2D eigenvalue weighted by molar-refractivity contribution is 0.0942. The van der Waals surface area contributed by atoms with Crippen molar-refractivity contribution in [2.24, 2.45) is 0 Å². The zero-order valence-electron chi connectivity index (χ0n) is 11.3. The van der Waals surface area contributed by atoms with Crippen LogP contribution in [0.25, 0.3) is 0 Å². The lowest BCUT2D eigenvalue weighted by Crippen LogP contribution is -2.25. The summed E-state index contributed by atoms with van der Waals surface area (Å²) in [6, 6.07) is 9.81. The topological polar surface area (TPSA) is 60.0 Å². The zero-order valence-corrected chi connectivity index (χ0v) is 11.3. The van der Waals surface area contributed by atoms with Gasteiger partial charge in [-0.1, -0.05) is 29.8 Å². The van der Waals surface area contributed by atoms with Crippen LogP contribution in [0.5, 0.6) is 0 Å². The summed E-state index contributed by atoms with van der Waals surface area (Å²) in [4.78, 5) is 12.1. The van der Waals surface area contributed by atoms with Gasteiger partial charge in [-0.15, -0.1) is 0 Å². The second-order valence-corrected chi connectivity index (χ2v) is 4.61. The van der Waals surface area contributed by atoms with Gasteiger partial charge >= 0.3 is 0 Å². The Balaban J connectivity index is 2.03. The number of aryl methyl sites for hydroxylation is 2. The molecule has 0 atom stereocenters. The number of anilines is 1. The van der Waals surface area contributed by atoms with E-state index in [1.54, 1.807) is 12.3 Å². The number of carbonyl (C=O) groups excluding carboxylic acids is 1. The van der Waals surface area contributed by atoms with Gasteiger partial charge in [0.15, 0.2) is 0 Å². The van der Waals surface area contributed by atoms with Gasteiger partial charge in [-0.25, -0.2) is 0 Å². The maximum absolute atomic E-state index is 12.1. The van der Waals surface area contributed by atoms with Crippen LogP contribution in [-0.4, -0.2) is 10.5 Å². The molecule has 0 aliphatic carbocycles. The first-order chi connectivity index (χ1) is 9.10. The second-order valence-electron chi connectivity index (χ2n) is 4.61. The monoisotopic (exact) mass is 257 g/mol. The highest BCUT2D eigenvalue weighted by molar-refractivity contribution is 5.93. The second kappa shape index (κ2) is 5.61. The summed E-state index contributed by atoms with van der Waals surface area (Å²) in [6.45, 7) is 5.27. The first kappa shape index (κ1) is 13.2. The number of nitrogens with zero attached hydrogens (tertiary/aromatic N) is 1. The van der Waals surface area contributed by atoms with Crippen LogP contribution >= 0.6 is 0 Å². The molecule has 2 aromatic rings. The molecule has 1 aromatic carbocycles. The van der Waals surface area contributed by atoms with E-state index in [0.717, 1.165) is 12.1 Å². The molecule has 0 aliphatic rings. The molecular formula is C15H19N3O. The Morgan fingerprint density at radius 3 is 2.63 bits per heavy atom. The van der Waals surface area contributed by atoms with Crippen molar-refractivity contribution in [3.63, 3.8) is 0 Å². The largest absolute Gasteiger partial charge is 0.397 e. The SMILES string of the molecule is CCn1cc(N)cc1C(=O)NCc1ccc(C)cc1. The van der Waals surface area contributed by atoms with Crippen molar-refractivity contribution >= 4 is 11.6 Å². The molecule has 0 saturated carbocycles. The number of aromatic nitrogens is 1. The van der Waals surface area contributed by atoms with E-state index in [4.69, 9.17) is 5.73 Å². The summed E-state index contributed by atoms with van der Waals surface area (Å²) in [5, 5.41) is 2.91. The maximum Gasteiger partial charge on any atom is 0.268 e. The third kappa shape index (κ3) is 3.16. The van der Waals surface area contributed by atoms with E-state index in [9.17, 15) is 4.79 Å². The molecule has 4 nitrogen and oxygen atoms in total. The summed E-state index contributed by atoms with van der Waals surface area (Å²) >= 11 is 0. The number of benzene rings is 1. The fourth-order valence-corrected chi connectivity index (χ4v) is 1.96. The third-order valence-electron chi connectivity index (χ3n) is 3.06. The molecule has 0 fully saturated rings. The van der Waals surface area contributed by atoms with Crippen molar-refractivity contribution in [2.45, 2.75) is 26.9 Å². The number of carbonyl (C=O) groups is 1. The molecule has 0 aliphatic heterocycles. The Morgan fingerprint density at radius 2 is 2.00 bits per heavy atom. The van der Waals surface area contributed by atoms with E-state index >= 15 is 0 Å². The van der Waals surface area contributed by atoms with Gasteiger partial charge in [0.1, 0.15) is 5.69 Å². The first-order valence-corrected chi connectivity index (χ1v) is 6.39. The Hall–Kier alpha value is -2.23. The normalized spacial score (nSPS) is 10.4. The molecule has 0 saturated heterocycles. The fraction of sp³-hybridized carbons (Fsp3) is 0.267. The number of amides is 1. The molecule has 0 radical (unpaired) electrons. The number of nitrogens with one attached hydrogen (secondary N) is 1. The van der Waals surface area contributed by atoms with Gasteiger partial charge in [-0.05, 0) is 25.5 Å². The van der Waals surface area contributed by atoms with Crippen LogP contribution in [0.4, 0.5) is 5.69 Å². The third-order valence-corrected chi connectivity index (χ3v) is 3.06. The molecule has 0 unspecified atom stereocenters. The number of rotatable bonds is 4. The van der Waals surface area contributed by atoms with Crippen LogP contribution in [0.1, 0.15) is 28.5 Å². The number of nitrogen functional groups attached to an aromatic ring is 1. The minimum Gasteiger partial charge on any atom is -0.397 e. The average Bonchev–Trinajstić information content (AvgIpc) is 2.79. The predicted octanol–water partition coefficient (Wildman–Crippen LogP) is 2.33. The van der Waals surface area contributed by atoms with E-state index in [2.05, 4.69) is 5.32 Å². The molecule has 19 heavy (non-hydrogen) atoms. The van der Waals surface area contributed by atoms with E-state index in [1.165, 1.54) is 5.56 Å². The van der Waals surface area contributed by atoms with Gasteiger partial charge in [0, 0.05) is 19.3 Å². The Kier molecular flexibility index (Phi) is 3.90. The van der Waals surface area contributed by atoms with Crippen molar-refractivity contribution in [3.05, 3.63) is 53.3 Å². The summed E-state index contributed by atoms with van der Waals surface area (Å²) in [7, 11) is 0. The Bertz CT molecular complexity index is 570. The number of nitrogens with two attached hydrogens (primary N) is 1. The van der Waals surface area contributed by atoms with Crippen molar-refractivity contribution < 1.29 is 4.79 Å². The molecule has 0 bridgehead atoms. The van der Waals surface area contributed by atoms with Gasteiger partial charge in [0.05, 0.1) is 5.69 Å². The molecule has 4 heteroatoms. The van der Waals surface area contributed by atoms with E-state index < -0.39 is 0 Å². The van der Waals surface area contributed by atoms with Gasteiger partial charge in [0.2, 0.25) is 0 Å². The summed E-state index contributed by atoms with van der Waals surface area (Å²) in [6.07, 6.45) is 1.78. The van der Waals surface area contributed by atoms with Crippen LogP contribution in [0.2, 0.25) is 0 Å². The van der Waals surface area contributed by atoms with Gasteiger partial charge in [0.25, 0.3) is 5.91 Å².